The second-order valence-corrected chi connectivity index (χ2v) is 10.1. The third-order valence-corrected chi connectivity index (χ3v) is 7.20. The minimum Gasteiger partial charge on any atom is -0.381 e. The summed E-state index contributed by atoms with van der Waals surface area (Å²) in [4.78, 5) is 16.7. The molecule has 2 aliphatic rings. The Kier molecular flexibility index (Phi) is 7.31. The van der Waals surface area contributed by atoms with E-state index in [9.17, 15) is 13.2 Å². The first kappa shape index (κ1) is 22.2. The molecule has 0 spiro atoms. The van der Waals surface area contributed by atoms with E-state index in [1.807, 2.05) is 0 Å². The van der Waals surface area contributed by atoms with Gasteiger partial charge < -0.3 is 9.64 Å². The number of aromatic nitrogens is 2. The lowest BCUT2D eigenvalue weighted by molar-refractivity contribution is 0.00316. The summed E-state index contributed by atoms with van der Waals surface area (Å²) in [6.07, 6.45) is 6.76. The van der Waals surface area contributed by atoms with E-state index < -0.39 is 10.0 Å². The monoisotopic (exact) mass is 427 g/mol. The second kappa shape index (κ2) is 9.55. The lowest BCUT2D eigenvalue weighted by atomic mass is 9.99. The number of piperidine rings is 1. The van der Waals surface area contributed by atoms with Crippen LogP contribution in [0.5, 0.6) is 0 Å². The van der Waals surface area contributed by atoms with Gasteiger partial charge in [0, 0.05) is 71.8 Å². The second-order valence-electron chi connectivity index (χ2n) is 8.10. The quantitative estimate of drug-likeness (QED) is 0.626. The first-order valence-electron chi connectivity index (χ1n) is 10.3. The molecule has 3 heterocycles. The molecule has 2 fully saturated rings. The van der Waals surface area contributed by atoms with Gasteiger partial charge in [-0.3, -0.25) is 14.4 Å². The third-order valence-electron chi connectivity index (χ3n) is 5.93. The minimum absolute atomic E-state index is 0.0982. The smallest absolute Gasteiger partial charge is 0.274 e. The maximum atomic E-state index is 12.6. The summed E-state index contributed by atoms with van der Waals surface area (Å²) in [6, 6.07) is 2.24. The van der Waals surface area contributed by atoms with Gasteiger partial charge in [-0.25, -0.2) is 12.7 Å². The van der Waals surface area contributed by atoms with Crippen LogP contribution in [0.25, 0.3) is 0 Å². The molecule has 164 valence electrons. The lowest BCUT2D eigenvalue weighted by Crippen LogP contribution is -2.55. The highest BCUT2D eigenvalue weighted by Gasteiger charge is 2.34. The van der Waals surface area contributed by atoms with Crippen molar-refractivity contribution in [2.75, 3.05) is 52.7 Å². The first-order chi connectivity index (χ1) is 13.8. The Balaban J connectivity index is 1.67. The van der Waals surface area contributed by atoms with Gasteiger partial charge in [-0.05, 0) is 31.7 Å². The van der Waals surface area contributed by atoms with E-state index in [1.54, 1.807) is 40.2 Å². The zero-order valence-electron chi connectivity index (χ0n) is 17.7. The number of carbonyl (C=O) groups is 1. The number of aryl methyl sites for hydroxylation is 1. The molecule has 0 aromatic carbocycles. The fraction of sp³-hybridized carbons (Fsp3) is 0.789. The zero-order valence-corrected chi connectivity index (χ0v) is 18.5. The minimum atomic E-state index is -3.19. The number of likely N-dealkylation sites (N-methyl/N-ethyl adjacent to an activating group) is 1. The molecule has 0 bridgehead atoms. The standard InChI is InChI=1S/C19H33N5O4S/c1-21(19(25)18-6-10-22(2)20-18)11-12-24(16-7-13-28-14-8-16)17-5-4-9-23(15-17)29(3,26)27/h6,10,16-17H,4-5,7-9,11-15H2,1-3H3. The molecule has 2 aliphatic heterocycles. The van der Waals surface area contributed by atoms with Crippen molar-refractivity contribution in [1.82, 2.24) is 23.9 Å². The van der Waals surface area contributed by atoms with Crippen LogP contribution >= 0.6 is 0 Å². The molecule has 0 N–H and O–H groups in total. The number of rotatable bonds is 7. The zero-order chi connectivity index (χ0) is 21.0. The van der Waals surface area contributed by atoms with Crippen LogP contribution < -0.4 is 0 Å². The first-order valence-corrected chi connectivity index (χ1v) is 12.1. The molecule has 1 unspecified atom stereocenters. The average molecular weight is 428 g/mol. The van der Waals surface area contributed by atoms with E-state index in [0.29, 0.717) is 37.9 Å². The summed E-state index contributed by atoms with van der Waals surface area (Å²) < 4.78 is 32.9. The van der Waals surface area contributed by atoms with E-state index in [1.165, 1.54) is 6.26 Å². The van der Waals surface area contributed by atoms with Crippen molar-refractivity contribution in [3.8, 4) is 0 Å². The Bertz CT molecular complexity index is 790. The van der Waals surface area contributed by atoms with Crippen LogP contribution in [0.2, 0.25) is 0 Å². The molecule has 1 amide bonds. The van der Waals surface area contributed by atoms with Gasteiger partial charge in [-0.1, -0.05) is 0 Å². The van der Waals surface area contributed by atoms with Crippen LogP contribution in [-0.2, 0) is 21.8 Å². The van der Waals surface area contributed by atoms with Crippen molar-refractivity contribution < 1.29 is 17.9 Å². The molecule has 0 aliphatic carbocycles. The summed E-state index contributed by atoms with van der Waals surface area (Å²) in [7, 11) is 0.392. The summed E-state index contributed by atoms with van der Waals surface area (Å²) in [5.41, 5.74) is 0.438. The molecule has 0 radical (unpaired) electrons. The van der Waals surface area contributed by atoms with Gasteiger partial charge in [0.25, 0.3) is 5.91 Å². The fourth-order valence-corrected chi connectivity index (χ4v) is 5.17. The van der Waals surface area contributed by atoms with Crippen molar-refractivity contribution >= 4 is 15.9 Å². The van der Waals surface area contributed by atoms with Crippen molar-refractivity contribution in [2.24, 2.45) is 7.05 Å². The number of sulfonamides is 1. The molecule has 2 saturated heterocycles. The largest absolute Gasteiger partial charge is 0.381 e. The molecule has 1 aromatic rings. The highest BCUT2D eigenvalue weighted by molar-refractivity contribution is 7.88. The summed E-state index contributed by atoms with van der Waals surface area (Å²) in [6.45, 7) is 3.85. The molecule has 0 saturated carbocycles. The molecule has 29 heavy (non-hydrogen) atoms. The van der Waals surface area contributed by atoms with E-state index in [2.05, 4.69) is 10.00 Å². The Labute approximate surface area is 173 Å². The van der Waals surface area contributed by atoms with Crippen LogP contribution in [0.3, 0.4) is 0 Å². The lowest BCUT2D eigenvalue weighted by Gasteiger charge is -2.44. The maximum Gasteiger partial charge on any atom is 0.274 e. The predicted molar refractivity (Wildman–Crippen MR) is 110 cm³/mol. The molecule has 3 rings (SSSR count). The van der Waals surface area contributed by atoms with Crippen LogP contribution in [0, 0.1) is 0 Å². The van der Waals surface area contributed by atoms with E-state index in [0.717, 1.165) is 38.9 Å². The molecular formula is C19H33N5O4S. The summed E-state index contributed by atoms with van der Waals surface area (Å²) >= 11 is 0. The summed E-state index contributed by atoms with van der Waals surface area (Å²) in [5, 5.41) is 4.20. The highest BCUT2D eigenvalue weighted by Crippen LogP contribution is 2.24. The normalized spacial score (nSPS) is 22.1. The Hall–Kier alpha value is -1.49. The van der Waals surface area contributed by atoms with Gasteiger partial charge in [-0.2, -0.15) is 5.10 Å². The topological polar surface area (TPSA) is 88.0 Å². The number of nitrogens with zero attached hydrogens (tertiary/aromatic N) is 5. The Morgan fingerprint density at radius 2 is 1.97 bits per heavy atom. The number of hydrogen-bond donors (Lipinski definition) is 0. The molecular weight excluding hydrogens is 394 g/mol. The van der Waals surface area contributed by atoms with Crippen LogP contribution in [0.15, 0.2) is 12.3 Å². The molecule has 9 nitrogen and oxygen atoms in total. The fourth-order valence-electron chi connectivity index (χ4n) is 4.26. The van der Waals surface area contributed by atoms with Crippen LogP contribution in [-0.4, -0.2) is 103 Å². The van der Waals surface area contributed by atoms with Crippen LogP contribution in [0.4, 0.5) is 0 Å². The van der Waals surface area contributed by atoms with Gasteiger partial charge in [0.2, 0.25) is 10.0 Å². The van der Waals surface area contributed by atoms with Gasteiger partial charge in [0.15, 0.2) is 0 Å². The molecule has 1 aromatic heterocycles. The number of hydrogen-bond acceptors (Lipinski definition) is 6. The molecule has 1 atom stereocenters. The summed E-state index contributed by atoms with van der Waals surface area (Å²) in [5.74, 6) is -0.0982. The molecule has 10 heteroatoms. The maximum absolute atomic E-state index is 12.6. The Morgan fingerprint density at radius 3 is 2.59 bits per heavy atom. The number of ether oxygens (including phenoxy) is 1. The number of amides is 1. The van der Waals surface area contributed by atoms with E-state index >= 15 is 0 Å². The third kappa shape index (κ3) is 5.78. The van der Waals surface area contributed by atoms with E-state index in [-0.39, 0.29) is 11.9 Å². The predicted octanol–water partition coefficient (Wildman–Crippen LogP) is 0.397. The van der Waals surface area contributed by atoms with Crippen molar-refractivity contribution in [3.63, 3.8) is 0 Å². The highest BCUT2D eigenvalue weighted by atomic mass is 32.2. The Morgan fingerprint density at radius 1 is 1.24 bits per heavy atom. The van der Waals surface area contributed by atoms with E-state index in [4.69, 9.17) is 4.74 Å². The van der Waals surface area contributed by atoms with Crippen LogP contribution in [0.1, 0.15) is 36.2 Å². The van der Waals surface area contributed by atoms with Gasteiger partial charge in [0.1, 0.15) is 5.69 Å². The van der Waals surface area contributed by atoms with Gasteiger partial charge >= 0.3 is 0 Å². The SMILES string of the molecule is CN(CCN(C1CCOCC1)C1CCCN(S(C)(=O)=O)C1)C(=O)c1ccn(C)n1. The number of carbonyl (C=O) groups excluding carboxylic acids is 1. The van der Waals surface area contributed by atoms with Gasteiger partial charge in [0.05, 0.1) is 6.26 Å². The van der Waals surface area contributed by atoms with Crippen molar-refractivity contribution in [3.05, 3.63) is 18.0 Å². The van der Waals surface area contributed by atoms with Crippen molar-refractivity contribution in [2.45, 2.75) is 37.8 Å². The van der Waals surface area contributed by atoms with Gasteiger partial charge in [-0.15, -0.1) is 0 Å². The average Bonchev–Trinajstić information content (AvgIpc) is 3.14. The van der Waals surface area contributed by atoms with Crippen molar-refractivity contribution in [1.29, 1.82) is 0 Å².